The normalized spacial score (nSPS) is 13.6. The Hall–Kier alpha value is -0.0400. The largest absolute Gasteiger partial charge is 0.240 e. The maximum atomic E-state index is 11.9. The lowest BCUT2D eigenvalue weighted by Gasteiger charge is -2.09. The van der Waals surface area contributed by atoms with E-state index in [1.807, 2.05) is 6.26 Å². The van der Waals surface area contributed by atoms with Gasteiger partial charge in [-0.3, -0.25) is 0 Å². The lowest BCUT2D eigenvalue weighted by molar-refractivity contribution is 0.579. The summed E-state index contributed by atoms with van der Waals surface area (Å²) < 4.78 is 27.2. The topological polar surface area (TPSA) is 46.2 Å². The van der Waals surface area contributed by atoms with Crippen molar-refractivity contribution in [2.24, 2.45) is 0 Å². The minimum atomic E-state index is -3.36. The Morgan fingerprint density at radius 3 is 2.47 bits per heavy atom. The van der Waals surface area contributed by atoms with E-state index >= 15 is 0 Å². The van der Waals surface area contributed by atoms with E-state index < -0.39 is 10.0 Å². The van der Waals surface area contributed by atoms with Crippen molar-refractivity contribution in [3.05, 3.63) is 28.7 Å². The lowest BCUT2D eigenvalue weighted by atomic mass is 10.3. The third-order valence-electron chi connectivity index (χ3n) is 2.37. The van der Waals surface area contributed by atoms with Gasteiger partial charge in [-0.1, -0.05) is 22.9 Å². The lowest BCUT2D eigenvalue weighted by Crippen LogP contribution is -2.26. The summed E-state index contributed by atoms with van der Waals surface area (Å²) in [5.74, 6) is 0. The van der Waals surface area contributed by atoms with Gasteiger partial charge in [-0.05, 0) is 36.9 Å². The molecule has 6 heteroatoms. The van der Waals surface area contributed by atoms with E-state index in [0.29, 0.717) is 16.7 Å². The fraction of sp³-hybridized carbons (Fsp3) is 0.455. The van der Waals surface area contributed by atoms with Crippen LogP contribution in [0.4, 0.5) is 0 Å². The van der Waals surface area contributed by atoms with Crippen LogP contribution in [-0.4, -0.2) is 26.5 Å². The van der Waals surface area contributed by atoms with Crippen molar-refractivity contribution in [3.63, 3.8) is 0 Å². The second kappa shape index (κ2) is 6.78. The highest BCUT2D eigenvalue weighted by molar-refractivity contribution is 9.10. The number of benzene rings is 1. The number of nitrogens with one attached hydrogen (secondary N) is 1. The zero-order valence-corrected chi connectivity index (χ0v) is 13.0. The zero-order chi connectivity index (χ0) is 12.9. The Morgan fingerprint density at radius 2 is 1.94 bits per heavy atom. The van der Waals surface area contributed by atoms with Gasteiger partial charge in [0, 0.05) is 16.3 Å². The highest BCUT2D eigenvalue weighted by Gasteiger charge is 2.13. The molecule has 0 saturated carbocycles. The molecule has 0 heterocycles. The molecule has 0 aliphatic carbocycles. The first-order valence-electron chi connectivity index (χ1n) is 5.24. The maximum absolute atomic E-state index is 11.9. The Balaban J connectivity index is 2.60. The zero-order valence-electron chi connectivity index (χ0n) is 9.81. The highest BCUT2D eigenvalue weighted by Crippen LogP contribution is 2.15. The average Bonchev–Trinajstić information content (AvgIpc) is 2.29. The van der Waals surface area contributed by atoms with E-state index in [4.69, 9.17) is 0 Å². The number of hydrogen-bond acceptors (Lipinski definition) is 3. The van der Waals surface area contributed by atoms with Crippen molar-refractivity contribution in [1.82, 2.24) is 4.72 Å². The first kappa shape index (κ1) is 15.0. The van der Waals surface area contributed by atoms with Gasteiger partial charge in [0.25, 0.3) is 0 Å². The molecule has 17 heavy (non-hydrogen) atoms. The van der Waals surface area contributed by atoms with Gasteiger partial charge in [-0.15, -0.1) is 0 Å². The Labute approximate surface area is 116 Å². The first-order chi connectivity index (χ1) is 7.95. The second-order valence-electron chi connectivity index (χ2n) is 3.69. The van der Waals surface area contributed by atoms with Crippen molar-refractivity contribution in [3.8, 4) is 0 Å². The summed E-state index contributed by atoms with van der Waals surface area (Å²) in [7, 11) is -3.36. The molecule has 3 nitrogen and oxygen atoms in total. The minimum absolute atomic E-state index is 0.303. The van der Waals surface area contributed by atoms with Crippen LogP contribution in [0.2, 0.25) is 0 Å². The summed E-state index contributed by atoms with van der Waals surface area (Å²) in [6.45, 7) is 2.55. The molecule has 0 radical (unpaired) electrons. The van der Waals surface area contributed by atoms with Gasteiger partial charge in [0.2, 0.25) is 10.0 Å². The van der Waals surface area contributed by atoms with Gasteiger partial charge in [-0.2, -0.15) is 11.8 Å². The molecule has 0 amide bonds. The third-order valence-corrected chi connectivity index (χ3v) is 5.42. The standard InChI is InChI=1S/C11H16BrNO2S2/c1-9(16-2)7-8-13-17(14,15)11-5-3-10(12)4-6-11/h3-6,9,13H,7-8H2,1-2H3. The van der Waals surface area contributed by atoms with Crippen molar-refractivity contribution < 1.29 is 8.42 Å². The number of hydrogen-bond donors (Lipinski definition) is 1. The highest BCUT2D eigenvalue weighted by atomic mass is 79.9. The monoisotopic (exact) mass is 337 g/mol. The molecule has 1 aromatic rings. The Bertz CT molecular complexity index is 445. The molecule has 1 aromatic carbocycles. The fourth-order valence-electron chi connectivity index (χ4n) is 1.21. The maximum Gasteiger partial charge on any atom is 0.240 e. The Morgan fingerprint density at radius 1 is 1.35 bits per heavy atom. The predicted octanol–water partition coefficient (Wildman–Crippen LogP) is 2.87. The molecular formula is C11H16BrNO2S2. The summed E-state index contributed by atoms with van der Waals surface area (Å²) >= 11 is 5.01. The van der Waals surface area contributed by atoms with E-state index in [0.717, 1.165) is 10.9 Å². The van der Waals surface area contributed by atoms with Crippen molar-refractivity contribution in [2.75, 3.05) is 12.8 Å². The molecule has 0 bridgehead atoms. The molecule has 0 aliphatic heterocycles. The molecule has 1 atom stereocenters. The van der Waals surface area contributed by atoms with Crippen LogP contribution in [0.3, 0.4) is 0 Å². The van der Waals surface area contributed by atoms with Crippen LogP contribution in [0, 0.1) is 0 Å². The van der Waals surface area contributed by atoms with E-state index in [1.165, 1.54) is 0 Å². The molecule has 0 spiro atoms. The van der Waals surface area contributed by atoms with Gasteiger partial charge in [0.1, 0.15) is 0 Å². The molecule has 0 aliphatic rings. The van der Waals surface area contributed by atoms with Crippen LogP contribution in [0.25, 0.3) is 0 Å². The van der Waals surface area contributed by atoms with Crippen LogP contribution in [0.5, 0.6) is 0 Å². The molecule has 0 saturated heterocycles. The number of rotatable bonds is 6. The van der Waals surface area contributed by atoms with Crippen LogP contribution < -0.4 is 4.72 Å². The molecular weight excluding hydrogens is 322 g/mol. The van der Waals surface area contributed by atoms with E-state index in [-0.39, 0.29) is 0 Å². The van der Waals surface area contributed by atoms with Crippen LogP contribution in [0.15, 0.2) is 33.6 Å². The molecule has 0 fully saturated rings. The van der Waals surface area contributed by atoms with Gasteiger partial charge < -0.3 is 0 Å². The van der Waals surface area contributed by atoms with Crippen LogP contribution >= 0.6 is 27.7 Å². The van der Waals surface area contributed by atoms with Crippen molar-refractivity contribution >= 4 is 37.7 Å². The Kier molecular flexibility index (Phi) is 5.99. The molecule has 1 unspecified atom stereocenters. The molecule has 1 N–H and O–H groups in total. The van der Waals surface area contributed by atoms with E-state index in [2.05, 4.69) is 27.6 Å². The average molecular weight is 338 g/mol. The molecule has 96 valence electrons. The summed E-state index contributed by atoms with van der Waals surface area (Å²) in [6, 6.07) is 6.62. The van der Waals surface area contributed by atoms with Gasteiger partial charge in [0.15, 0.2) is 0 Å². The summed E-state index contributed by atoms with van der Waals surface area (Å²) in [5, 5.41) is 0.461. The fourth-order valence-corrected chi connectivity index (χ4v) is 2.88. The quantitative estimate of drug-likeness (QED) is 0.868. The first-order valence-corrected chi connectivity index (χ1v) is 8.80. The number of halogens is 1. The van der Waals surface area contributed by atoms with Crippen molar-refractivity contribution in [1.29, 1.82) is 0 Å². The smallest absolute Gasteiger partial charge is 0.211 e. The molecule has 1 rings (SSSR count). The minimum Gasteiger partial charge on any atom is -0.211 e. The second-order valence-corrected chi connectivity index (χ2v) is 7.65. The van der Waals surface area contributed by atoms with Gasteiger partial charge in [-0.25, -0.2) is 13.1 Å². The van der Waals surface area contributed by atoms with E-state index in [1.54, 1.807) is 36.0 Å². The summed E-state index contributed by atoms with van der Waals surface area (Å²) in [4.78, 5) is 0.303. The van der Waals surface area contributed by atoms with Gasteiger partial charge in [0.05, 0.1) is 4.90 Å². The predicted molar refractivity (Wildman–Crippen MR) is 76.9 cm³/mol. The van der Waals surface area contributed by atoms with Gasteiger partial charge >= 0.3 is 0 Å². The van der Waals surface area contributed by atoms with Crippen molar-refractivity contribution in [2.45, 2.75) is 23.5 Å². The number of thioether (sulfide) groups is 1. The summed E-state index contributed by atoms with van der Waals surface area (Å²) in [6.07, 6.45) is 2.85. The third kappa shape index (κ3) is 4.99. The van der Waals surface area contributed by atoms with Crippen LogP contribution in [-0.2, 0) is 10.0 Å². The van der Waals surface area contributed by atoms with E-state index in [9.17, 15) is 8.42 Å². The molecule has 0 aromatic heterocycles. The summed E-state index contributed by atoms with van der Waals surface area (Å²) in [5.41, 5.74) is 0. The van der Waals surface area contributed by atoms with Crippen LogP contribution in [0.1, 0.15) is 13.3 Å². The number of sulfonamides is 1. The SMILES string of the molecule is CSC(C)CCNS(=O)(=O)c1ccc(Br)cc1.